The van der Waals surface area contributed by atoms with Gasteiger partial charge in [0.05, 0.1) is 5.56 Å². The van der Waals surface area contributed by atoms with Crippen molar-refractivity contribution in [3.05, 3.63) is 58.3 Å². The van der Waals surface area contributed by atoms with E-state index in [0.29, 0.717) is 16.8 Å². The molecule has 0 radical (unpaired) electrons. The van der Waals surface area contributed by atoms with Gasteiger partial charge in [-0.25, -0.2) is 4.79 Å². The fraction of sp³-hybridized carbons (Fsp3) is 0. The highest BCUT2D eigenvalue weighted by molar-refractivity contribution is 7.03. The van der Waals surface area contributed by atoms with Crippen molar-refractivity contribution in [2.24, 2.45) is 0 Å². The highest BCUT2D eigenvalue weighted by atomic mass is 32.1. The van der Waals surface area contributed by atoms with Gasteiger partial charge in [-0.1, -0.05) is 34.8 Å². The Balaban J connectivity index is 2.15. The molecule has 5 heteroatoms. The molecule has 96 valence electrons. The highest BCUT2D eigenvalue weighted by Crippen LogP contribution is 2.27. The molecule has 2 aromatic carbocycles. The van der Waals surface area contributed by atoms with Crippen LogP contribution in [0.2, 0.25) is 0 Å². The molecule has 0 N–H and O–H groups in total. The molecule has 0 spiro atoms. The third kappa shape index (κ3) is 1.64. The summed E-state index contributed by atoms with van der Waals surface area (Å²) in [5, 5.41) is 8.75. The van der Waals surface area contributed by atoms with Crippen LogP contribution in [-0.2, 0) is 0 Å². The van der Waals surface area contributed by atoms with Crippen LogP contribution in [0.5, 0.6) is 0 Å². The number of hydrogen-bond acceptors (Lipinski definition) is 5. The van der Waals surface area contributed by atoms with Crippen LogP contribution in [-0.4, -0.2) is 9.59 Å². The van der Waals surface area contributed by atoms with E-state index in [-0.39, 0.29) is 5.63 Å². The van der Waals surface area contributed by atoms with Gasteiger partial charge in [0.25, 0.3) is 0 Å². The van der Waals surface area contributed by atoms with Gasteiger partial charge in [-0.3, -0.25) is 0 Å². The quantitative estimate of drug-likeness (QED) is 0.396. The number of benzene rings is 2. The molecule has 2 heterocycles. The predicted octanol–water partition coefficient (Wildman–Crippen LogP) is 3.46. The average Bonchev–Trinajstić information content (AvgIpc) is 3.00. The van der Waals surface area contributed by atoms with E-state index in [4.69, 9.17) is 4.42 Å². The first-order valence-corrected chi connectivity index (χ1v) is 6.89. The second kappa shape index (κ2) is 4.25. The van der Waals surface area contributed by atoms with E-state index in [2.05, 4.69) is 9.59 Å². The van der Waals surface area contributed by atoms with Crippen LogP contribution in [0.25, 0.3) is 33.0 Å². The van der Waals surface area contributed by atoms with Crippen LogP contribution in [0.1, 0.15) is 0 Å². The van der Waals surface area contributed by atoms with Crippen LogP contribution < -0.4 is 5.63 Å². The summed E-state index contributed by atoms with van der Waals surface area (Å²) in [4.78, 5) is 12.0. The largest absolute Gasteiger partial charge is 0.422 e. The summed E-state index contributed by atoms with van der Waals surface area (Å²) in [5.41, 5.74) is 1.20. The van der Waals surface area contributed by atoms with Crippen LogP contribution in [0.15, 0.2) is 57.1 Å². The van der Waals surface area contributed by atoms with Crippen LogP contribution >= 0.6 is 11.5 Å². The molecule has 0 atom stereocenters. The highest BCUT2D eigenvalue weighted by Gasteiger charge is 2.11. The molecule has 4 rings (SSSR count). The van der Waals surface area contributed by atoms with Crippen LogP contribution in [0, 0.1) is 0 Å². The Morgan fingerprint density at radius 1 is 1.05 bits per heavy atom. The van der Waals surface area contributed by atoms with E-state index in [9.17, 15) is 4.79 Å². The van der Waals surface area contributed by atoms with Gasteiger partial charge in [0.1, 0.15) is 11.3 Å². The first-order chi connectivity index (χ1) is 9.83. The molecule has 0 bridgehead atoms. The minimum absolute atomic E-state index is 0.388. The minimum Gasteiger partial charge on any atom is -0.422 e. The summed E-state index contributed by atoms with van der Waals surface area (Å²) in [7, 11) is 0. The van der Waals surface area contributed by atoms with Gasteiger partial charge in [0, 0.05) is 10.8 Å². The molecule has 4 nitrogen and oxygen atoms in total. The normalized spacial score (nSPS) is 11.2. The van der Waals surface area contributed by atoms with Gasteiger partial charge in [0.2, 0.25) is 0 Å². The summed E-state index contributed by atoms with van der Waals surface area (Å²) in [5.74, 6) is 0. The van der Waals surface area contributed by atoms with Crippen molar-refractivity contribution in [1.29, 1.82) is 0 Å². The summed E-state index contributed by atoms with van der Waals surface area (Å²) in [6, 6.07) is 13.6. The molecule has 0 aliphatic carbocycles. The van der Waals surface area contributed by atoms with Gasteiger partial charge >= 0.3 is 5.63 Å². The maximum absolute atomic E-state index is 12.0. The first-order valence-electron chi connectivity index (χ1n) is 6.06. The molecule has 0 amide bonds. The molecular weight excluding hydrogens is 272 g/mol. The molecule has 0 unspecified atom stereocenters. The second-order valence-corrected chi connectivity index (χ2v) is 5.05. The topological polar surface area (TPSA) is 56.0 Å². The summed E-state index contributed by atoms with van der Waals surface area (Å²) < 4.78 is 9.20. The maximum atomic E-state index is 12.0. The van der Waals surface area contributed by atoms with Crippen molar-refractivity contribution in [1.82, 2.24) is 9.59 Å². The Morgan fingerprint density at radius 3 is 2.80 bits per heavy atom. The lowest BCUT2D eigenvalue weighted by Crippen LogP contribution is -2.03. The van der Waals surface area contributed by atoms with Gasteiger partial charge in [-0.15, -0.1) is 5.10 Å². The summed E-state index contributed by atoms with van der Waals surface area (Å²) in [6.07, 6.45) is 0. The van der Waals surface area contributed by atoms with Crippen LogP contribution in [0.3, 0.4) is 0 Å². The van der Waals surface area contributed by atoms with E-state index >= 15 is 0 Å². The third-order valence-corrected chi connectivity index (χ3v) is 3.78. The average molecular weight is 280 g/mol. The van der Waals surface area contributed by atoms with E-state index < -0.39 is 0 Å². The van der Waals surface area contributed by atoms with Crippen molar-refractivity contribution in [2.45, 2.75) is 0 Å². The van der Waals surface area contributed by atoms with E-state index in [1.54, 1.807) is 5.38 Å². The predicted molar refractivity (Wildman–Crippen MR) is 78.9 cm³/mol. The Labute approximate surface area is 117 Å². The van der Waals surface area contributed by atoms with Gasteiger partial charge < -0.3 is 4.42 Å². The molecule has 0 aliphatic rings. The number of nitrogens with zero attached hydrogens (tertiary/aromatic N) is 2. The van der Waals surface area contributed by atoms with Gasteiger partial charge in [-0.2, -0.15) is 0 Å². The number of aromatic nitrogens is 2. The molecule has 0 aliphatic heterocycles. The first kappa shape index (κ1) is 11.3. The standard InChI is InChI=1S/C15H8N2O2S/c18-15-12(13-8-20-17-16-13)7-11-10-4-2-1-3-9(10)5-6-14(11)19-15/h1-8H. The molecule has 2 aromatic heterocycles. The smallest absolute Gasteiger partial charge is 0.345 e. The fourth-order valence-electron chi connectivity index (χ4n) is 2.33. The second-order valence-electron chi connectivity index (χ2n) is 4.44. The molecule has 0 saturated heterocycles. The number of rotatable bonds is 1. The lowest BCUT2D eigenvalue weighted by atomic mass is 10.0. The van der Waals surface area contributed by atoms with Crippen molar-refractivity contribution >= 4 is 33.3 Å². The Kier molecular flexibility index (Phi) is 2.40. The van der Waals surface area contributed by atoms with E-state index in [1.165, 1.54) is 11.5 Å². The van der Waals surface area contributed by atoms with E-state index in [0.717, 1.165) is 16.2 Å². The van der Waals surface area contributed by atoms with Gasteiger partial charge in [0.15, 0.2) is 0 Å². The fourth-order valence-corrected chi connectivity index (χ4v) is 2.79. The SMILES string of the molecule is O=c1oc2ccc3ccccc3c2cc1-c1csnn1. The number of hydrogen-bond donors (Lipinski definition) is 0. The Bertz CT molecular complexity index is 974. The molecular formula is C15H8N2O2S. The molecule has 20 heavy (non-hydrogen) atoms. The lowest BCUT2D eigenvalue weighted by Gasteiger charge is -2.03. The third-order valence-electron chi connectivity index (χ3n) is 3.28. The lowest BCUT2D eigenvalue weighted by molar-refractivity contribution is 0.563. The van der Waals surface area contributed by atoms with Crippen molar-refractivity contribution < 1.29 is 4.42 Å². The zero-order valence-electron chi connectivity index (χ0n) is 10.2. The van der Waals surface area contributed by atoms with E-state index in [1.807, 2.05) is 42.5 Å². The van der Waals surface area contributed by atoms with Gasteiger partial charge in [-0.05, 0) is 34.4 Å². The zero-order chi connectivity index (χ0) is 13.5. The van der Waals surface area contributed by atoms with Crippen LogP contribution in [0.4, 0.5) is 0 Å². The summed E-state index contributed by atoms with van der Waals surface area (Å²) >= 11 is 1.21. The Hall–Kier alpha value is -2.53. The maximum Gasteiger partial charge on any atom is 0.345 e. The minimum atomic E-state index is -0.388. The molecule has 0 fully saturated rings. The molecule has 4 aromatic rings. The Morgan fingerprint density at radius 2 is 1.95 bits per heavy atom. The monoisotopic (exact) mass is 280 g/mol. The molecule has 0 saturated carbocycles. The van der Waals surface area contributed by atoms with Crippen molar-refractivity contribution in [2.75, 3.05) is 0 Å². The van der Waals surface area contributed by atoms with Crippen molar-refractivity contribution in [3.63, 3.8) is 0 Å². The zero-order valence-corrected chi connectivity index (χ0v) is 11.1. The van der Waals surface area contributed by atoms with Crippen molar-refractivity contribution in [3.8, 4) is 11.3 Å². The summed E-state index contributed by atoms with van der Waals surface area (Å²) in [6.45, 7) is 0. The number of fused-ring (bicyclic) bond motifs is 3.